The predicted molar refractivity (Wildman–Crippen MR) is 112 cm³/mol. The Morgan fingerprint density at radius 2 is 1.97 bits per heavy atom. The van der Waals surface area contributed by atoms with Crippen LogP contribution in [-0.4, -0.2) is 36.3 Å². The molecule has 1 aliphatic rings. The fourth-order valence-corrected chi connectivity index (χ4v) is 3.58. The number of ether oxygens (including phenoxy) is 1. The third-order valence-electron chi connectivity index (χ3n) is 4.59. The molecular weight excluding hydrogens is 425 g/mol. The van der Waals surface area contributed by atoms with Crippen molar-refractivity contribution in [2.45, 2.75) is 25.1 Å². The molecule has 10 heteroatoms. The topological polar surface area (TPSA) is 49.4 Å². The van der Waals surface area contributed by atoms with Crippen LogP contribution < -0.4 is 20.3 Å². The number of anilines is 2. The molecule has 5 nitrogen and oxygen atoms in total. The van der Waals surface area contributed by atoms with E-state index in [9.17, 15) is 13.2 Å². The molecule has 2 N–H and O–H groups in total. The summed E-state index contributed by atoms with van der Waals surface area (Å²) >= 11 is 11.4. The molecule has 1 saturated heterocycles. The molecule has 0 spiro atoms. The molecule has 156 valence electrons. The molecule has 0 amide bonds. The highest BCUT2D eigenvalue weighted by molar-refractivity contribution is 7.80. The van der Waals surface area contributed by atoms with Crippen molar-refractivity contribution in [2.24, 2.45) is 0 Å². The summed E-state index contributed by atoms with van der Waals surface area (Å²) in [4.78, 5) is 5.60. The third-order valence-corrected chi connectivity index (χ3v) is 5.04. The smallest absolute Gasteiger partial charge is 0.433 e. The molecule has 1 aromatic carbocycles. The zero-order valence-corrected chi connectivity index (χ0v) is 17.2. The van der Waals surface area contributed by atoms with Gasteiger partial charge in [0.25, 0.3) is 0 Å². The van der Waals surface area contributed by atoms with E-state index in [1.165, 1.54) is 6.07 Å². The summed E-state index contributed by atoms with van der Waals surface area (Å²) < 4.78 is 43.9. The summed E-state index contributed by atoms with van der Waals surface area (Å²) in [7, 11) is 1.56. The molecule has 1 fully saturated rings. The zero-order chi connectivity index (χ0) is 21.0. The van der Waals surface area contributed by atoms with Crippen LogP contribution >= 0.6 is 23.8 Å². The number of alkyl halides is 3. The van der Waals surface area contributed by atoms with Crippen LogP contribution in [0.4, 0.5) is 24.7 Å². The van der Waals surface area contributed by atoms with E-state index >= 15 is 0 Å². The van der Waals surface area contributed by atoms with E-state index in [1.54, 1.807) is 31.4 Å². The minimum absolute atomic E-state index is 0.0993. The molecular formula is C19H20ClF3N4OS. The van der Waals surface area contributed by atoms with E-state index in [0.717, 1.165) is 6.07 Å². The van der Waals surface area contributed by atoms with Crippen LogP contribution in [0.3, 0.4) is 0 Å². The summed E-state index contributed by atoms with van der Waals surface area (Å²) in [5.74, 6) is 0.951. The number of hydrogen-bond donors (Lipinski definition) is 2. The number of thiocarbonyl (C=S) groups is 1. The van der Waals surface area contributed by atoms with Crippen LogP contribution in [0.15, 0.2) is 36.4 Å². The quantitative estimate of drug-likeness (QED) is 0.666. The van der Waals surface area contributed by atoms with Crippen LogP contribution in [0.5, 0.6) is 5.75 Å². The summed E-state index contributed by atoms with van der Waals surface area (Å²) in [6, 6.07) is 9.24. The maximum Gasteiger partial charge on any atom is 0.433 e. The van der Waals surface area contributed by atoms with E-state index in [4.69, 9.17) is 28.6 Å². The molecule has 0 aliphatic carbocycles. The Morgan fingerprint density at radius 1 is 1.24 bits per heavy atom. The van der Waals surface area contributed by atoms with Crippen molar-refractivity contribution in [3.05, 3.63) is 47.1 Å². The first-order chi connectivity index (χ1) is 13.8. The Bertz CT molecular complexity index is 873. The van der Waals surface area contributed by atoms with Crippen molar-refractivity contribution >= 4 is 40.4 Å². The van der Waals surface area contributed by atoms with Crippen molar-refractivity contribution in [3.63, 3.8) is 0 Å². The second-order valence-electron chi connectivity index (χ2n) is 6.58. The average molecular weight is 445 g/mol. The second kappa shape index (κ2) is 9.04. The molecule has 29 heavy (non-hydrogen) atoms. The number of nitrogens with one attached hydrogen (secondary N) is 2. The molecule has 0 radical (unpaired) electrons. The van der Waals surface area contributed by atoms with Gasteiger partial charge in [-0.25, -0.2) is 4.98 Å². The van der Waals surface area contributed by atoms with Crippen molar-refractivity contribution < 1.29 is 17.9 Å². The number of nitrogens with zero attached hydrogens (tertiary/aromatic N) is 2. The summed E-state index contributed by atoms with van der Waals surface area (Å²) in [6.45, 7) is 1.16. The van der Waals surface area contributed by atoms with Gasteiger partial charge in [0, 0.05) is 24.2 Å². The fraction of sp³-hybridized carbons (Fsp3) is 0.368. The number of methoxy groups -OCH3 is 1. The lowest BCUT2D eigenvalue weighted by Crippen LogP contribution is -2.46. The van der Waals surface area contributed by atoms with Gasteiger partial charge < -0.3 is 20.3 Å². The minimum Gasteiger partial charge on any atom is -0.495 e. The van der Waals surface area contributed by atoms with Crippen molar-refractivity contribution in [1.29, 1.82) is 0 Å². The van der Waals surface area contributed by atoms with E-state index in [0.29, 0.717) is 53.3 Å². The highest BCUT2D eigenvalue weighted by Crippen LogP contribution is 2.30. The first-order valence-electron chi connectivity index (χ1n) is 8.96. The Labute approximate surface area is 177 Å². The number of piperidine rings is 1. The monoisotopic (exact) mass is 444 g/mol. The van der Waals surface area contributed by atoms with Crippen molar-refractivity contribution in [1.82, 2.24) is 10.3 Å². The van der Waals surface area contributed by atoms with Crippen LogP contribution in [0.25, 0.3) is 0 Å². The molecule has 0 bridgehead atoms. The van der Waals surface area contributed by atoms with Crippen LogP contribution in [0, 0.1) is 0 Å². The number of pyridine rings is 1. The van der Waals surface area contributed by atoms with Gasteiger partial charge in [0.05, 0.1) is 12.8 Å². The summed E-state index contributed by atoms with van der Waals surface area (Å²) in [5, 5.41) is 7.30. The highest BCUT2D eigenvalue weighted by Gasteiger charge is 2.33. The predicted octanol–water partition coefficient (Wildman–Crippen LogP) is 4.72. The first-order valence-corrected chi connectivity index (χ1v) is 9.75. The number of rotatable bonds is 4. The largest absolute Gasteiger partial charge is 0.495 e. The minimum atomic E-state index is -4.45. The van der Waals surface area contributed by atoms with E-state index in [1.807, 2.05) is 4.90 Å². The van der Waals surface area contributed by atoms with Gasteiger partial charge in [0.15, 0.2) is 5.11 Å². The molecule has 2 heterocycles. The maximum atomic E-state index is 12.9. The Hall–Kier alpha value is -2.26. The number of aromatic nitrogens is 1. The van der Waals surface area contributed by atoms with Gasteiger partial charge in [-0.1, -0.05) is 17.7 Å². The van der Waals surface area contributed by atoms with Gasteiger partial charge in [-0.3, -0.25) is 0 Å². The Kier molecular flexibility index (Phi) is 6.69. The lowest BCUT2D eigenvalue weighted by Gasteiger charge is -2.34. The van der Waals surface area contributed by atoms with E-state index in [2.05, 4.69) is 15.6 Å². The summed E-state index contributed by atoms with van der Waals surface area (Å²) in [6.07, 6.45) is -3.02. The van der Waals surface area contributed by atoms with Gasteiger partial charge in [-0.2, -0.15) is 13.2 Å². The van der Waals surface area contributed by atoms with Gasteiger partial charge in [-0.05, 0) is 55.4 Å². The second-order valence-corrected chi connectivity index (χ2v) is 7.43. The number of benzene rings is 1. The van der Waals surface area contributed by atoms with Crippen LogP contribution in [0.1, 0.15) is 18.5 Å². The molecule has 1 aromatic heterocycles. The van der Waals surface area contributed by atoms with Gasteiger partial charge in [0.2, 0.25) is 0 Å². The SMILES string of the molecule is COc1ccc(Cl)cc1NC(=S)NC1CCN(c2cccc(C(F)(F)F)n2)CC1. The maximum absolute atomic E-state index is 12.9. The normalized spacial score (nSPS) is 15.1. The lowest BCUT2D eigenvalue weighted by molar-refractivity contribution is -0.141. The van der Waals surface area contributed by atoms with Gasteiger partial charge in [-0.15, -0.1) is 0 Å². The molecule has 2 aromatic rings. The van der Waals surface area contributed by atoms with E-state index < -0.39 is 11.9 Å². The third kappa shape index (κ3) is 5.63. The molecule has 1 aliphatic heterocycles. The lowest BCUT2D eigenvalue weighted by atomic mass is 10.1. The standard InChI is InChI=1S/C19H20ClF3N4OS/c1-28-15-6-5-12(20)11-14(15)25-18(29)24-13-7-9-27(10-8-13)17-4-2-3-16(26-17)19(21,22)23/h2-6,11,13H,7-10H2,1H3,(H2,24,25,29). The Balaban J connectivity index is 1.55. The zero-order valence-electron chi connectivity index (χ0n) is 15.6. The molecule has 0 atom stereocenters. The molecule has 0 unspecified atom stereocenters. The van der Waals surface area contributed by atoms with Gasteiger partial charge >= 0.3 is 6.18 Å². The number of halogens is 4. The van der Waals surface area contributed by atoms with E-state index in [-0.39, 0.29) is 6.04 Å². The molecule has 0 saturated carbocycles. The van der Waals surface area contributed by atoms with Crippen LogP contribution in [-0.2, 0) is 6.18 Å². The molecule has 3 rings (SSSR count). The van der Waals surface area contributed by atoms with Crippen LogP contribution in [0.2, 0.25) is 5.02 Å². The first kappa shape index (κ1) is 21.4. The Morgan fingerprint density at radius 3 is 2.62 bits per heavy atom. The van der Waals surface area contributed by atoms with Crippen molar-refractivity contribution in [2.75, 3.05) is 30.4 Å². The average Bonchev–Trinajstić information content (AvgIpc) is 2.68. The number of hydrogen-bond acceptors (Lipinski definition) is 4. The highest BCUT2D eigenvalue weighted by atomic mass is 35.5. The summed E-state index contributed by atoms with van der Waals surface area (Å²) in [5.41, 5.74) is -0.223. The van der Waals surface area contributed by atoms with Gasteiger partial charge in [0.1, 0.15) is 17.3 Å². The fourth-order valence-electron chi connectivity index (χ4n) is 3.13. The van der Waals surface area contributed by atoms with Crippen molar-refractivity contribution in [3.8, 4) is 5.75 Å².